The minimum atomic E-state index is 0.00873. The molecule has 1 heteroatoms. The zero-order valence-electron chi connectivity index (χ0n) is 10.5. The van der Waals surface area contributed by atoms with Crippen LogP contribution in [0.2, 0.25) is 0 Å². The third-order valence-electron chi connectivity index (χ3n) is 4.05. The molecule has 1 aliphatic carbocycles. The van der Waals surface area contributed by atoms with E-state index in [9.17, 15) is 5.11 Å². The Morgan fingerprint density at radius 2 is 1.93 bits per heavy atom. The minimum absolute atomic E-state index is 0.00873. The second kappa shape index (κ2) is 7.27. The van der Waals surface area contributed by atoms with Gasteiger partial charge in [0, 0.05) is 0 Å². The summed E-state index contributed by atoms with van der Waals surface area (Å²) in [5, 5.41) is 9.94. The molecule has 1 N–H and O–H groups in total. The molecule has 1 saturated carbocycles. The third-order valence-corrected chi connectivity index (χ3v) is 4.05. The summed E-state index contributed by atoms with van der Waals surface area (Å²) in [5.41, 5.74) is 0. The van der Waals surface area contributed by atoms with Gasteiger partial charge in [0.25, 0.3) is 0 Å². The molecular weight excluding hydrogens is 184 g/mol. The first kappa shape index (κ1) is 13.0. The summed E-state index contributed by atoms with van der Waals surface area (Å²) in [5.74, 6) is 1.48. The highest BCUT2D eigenvalue weighted by Crippen LogP contribution is 2.32. The molecule has 0 unspecified atom stereocenters. The van der Waals surface area contributed by atoms with E-state index < -0.39 is 0 Å². The van der Waals surface area contributed by atoms with Gasteiger partial charge in [-0.15, -0.1) is 0 Å². The number of unbranched alkanes of at least 4 members (excludes halogenated alkanes) is 1. The van der Waals surface area contributed by atoms with E-state index in [1.807, 2.05) is 0 Å². The molecule has 1 fully saturated rings. The predicted molar refractivity (Wildman–Crippen MR) is 65.9 cm³/mol. The highest BCUT2D eigenvalue weighted by molar-refractivity contribution is 4.76. The van der Waals surface area contributed by atoms with Gasteiger partial charge in [0.1, 0.15) is 0 Å². The Kier molecular flexibility index (Phi) is 6.31. The second-order valence-corrected chi connectivity index (χ2v) is 5.26. The molecule has 1 aliphatic rings. The lowest BCUT2D eigenvalue weighted by Gasteiger charge is -2.30. The quantitative estimate of drug-likeness (QED) is 0.701. The molecule has 15 heavy (non-hydrogen) atoms. The van der Waals surface area contributed by atoms with E-state index in [0.717, 1.165) is 12.3 Å². The van der Waals surface area contributed by atoms with Crippen LogP contribution in [0.4, 0.5) is 0 Å². The van der Waals surface area contributed by atoms with E-state index in [0.29, 0.717) is 5.92 Å². The monoisotopic (exact) mass is 212 g/mol. The maximum absolute atomic E-state index is 9.94. The normalized spacial score (nSPS) is 29.0. The van der Waals surface area contributed by atoms with Gasteiger partial charge in [-0.25, -0.2) is 0 Å². The Labute approximate surface area is 95.3 Å². The molecule has 3 atom stereocenters. The lowest BCUT2D eigenvalue weighted by molar-refractivity contribution is 0.0545. The molecular formula is C14H28O. The maximum Gasteiger partial charge on any atom is 0.0568 e. The Morgan fingerprint density at radius 3 is 2.53 bits per heavy atom. The van der Waals surface area contributed by atoms with Crippen molar-refractivity contribution in [2.45, 2.75) is 77.7 Å². The van der Waals surface area contributed by atoms with Crippen molar-refractivity contribution in [3.8, 4) is 0 Å². The number of hydrogen-bond donors (Lipinski definition) is 1. The van der Waals surface area contributed by atoms with Gasteiger partial charge in [0.2, 0.25) is 0 Å². The molecule has 0 amide bonds. The molecule has 1 nitrogen and oxygen atoms in total. The van der Waals surface area contributed by atoms with Crippen molar-refractivity contribution in [3.05, 3.63) is 0 Å². The molecule has 0 spiro atoms. The fraction of sp³-hybridized carbons (Fsp3) is 1.00. The molecule has 0 heterocycles. The molecule has 0 radical (unpaired) electrons. The molecule has 0 aliphatic heterocycles. The Morgan fingerprint density at radius 1 is 1.20 bits per heavy atom. The Bertz CT molecular complexity index is 155. The van der Waals surface area contributed by atoms with Gasteiger partial charge < -0.3 is 5.11 Å². The first-order chi connectivity index (χ1) is 7.27. The fourth-order valence-electron chi connectivity index (χ4n) is 2.87. The predicted octanol–water partition coefficient (Wildman–Crippen LogP) is 4.14. The van der Waals surface area contributed by atoms with E-state index in [2.05, 4.69) is 13.8 Å². The van der Waals surface area contributed by atoms with Gasteiger partial charge in [-0.3, -0.25) is 0 Å². The number of rotatable bonds is 6. The van der Waals surface area contributed by atoms with Crippen LogP contribution >= 0.6 is 0 Å². The molecule has 0 aromatic carbocycles. The molecule has 0 bridgehead atoms. The van der Waals surface area contributed by atoms with Gasteiger partial charge in [0.15, 0.2) is 0 Å². The smallest absolute Gasteiger partial charge is 0.0568 e. The number of hydrogen-bond acceptors (Lipinski definition) is 1. The van der Waals surface area contributed by atoms with Gasteiger partial charge in [-0.2, -0.15) is 0 Å². The highest BCUT2D eigenvalue weighted by atomic mass is 16.3. The van der Waals surface area contributed by atoms with Crippen molar-refractivity contribution < 1.29 is 5.11 Å². The maximum atomic E-state index is 9.94. The zero-order valence-corrected chi connectivity index (χ0v) is 10.5. The summed E-state index contributed by atoms with van der Waals surface area (Å²) in [6, 6.07) is 0. The summed E-state index contributed by atoms with van der Waals surface area (Å²) in [7, 11) is 0. The molecule has 0 aromatic rings. The number of aliphatic hydroxyl groups is 1. The van der Waals surface area contributed by atoms with Crippen LogP contribution in [0.1, 0.15) is 71.6 Å². The van der Waals surface area contributed by atoms with Crippen molar-refractivity contribution in [1.29, 1.82) is 0 Å². The summed E-state index contributed by atoms with van der Waals surface area (Å²) in [4.78, 5) is 0. The van der Waals surface area contributed by atoms with E-state index in [4.69, 9.17) is 0 Å². The topological polar surface area (TPSA) is 20.2 Å². The van der Waals surface area contributed by atoms with Crippen LogP contribution in [-0.4, -0.2) is 11.2 Å². The molecule has 0 aromatic heterocycles. The van der Waals surface area contributed by atoms with E-state index in [1.54, 1.807) is 0 Å². The Balaban J connectivity index is 2.29. The number of aliphatic hydroxyl groups excluding tert-OH is 1. The highest BCUT2D eigenvalue weighted by Gasteiger charge is 2.25. The van der Waals surface area contributed by atoms with E-state index in [1.165, 1.54) is 51.4 Å². The summed E-state index contributed by atoms with van der Waals surface area (Å²) in [6.07, 6.45) is 11.5. The van der Waals surface area contributed by atoms with E-state index >= 15 is 0 Å². The van der Waals surface area contributed by atoms with Crippen LogP contribution in [0.5, 0.6) is 0 Å². The van der Waals surface area contributed by atoms with Crippen molar-refractivity contribution >= 4 is 0 Å². The standard InChI is InChI=1S/C14H28O/c1-3-5-8-12(4-2)11-13-9-6-7-10-14(13)15/h12-15H,3-11H2,1-2H3/t12-,13-,14-/m0/s1. The van der Waals surface area contributed by atoms with Gasteiger partial charge >= 0.3 is 0 Å². The molecule has 1 rings (SSSR count). The van der Waals surface area contributed by atoms with Crippen LogP contribution in [0.15, 0.2) is 0 Å². The van der Waals surface area contributed by atoms with Crippen LogP contribution in [0, 0.1) is 11.8 Å². The van der Waals surface area contributed by atoms with Gasteiger partial charge in [-0.05, 0) is 31.1 Å². The zero-order chi connectivity index (χ0) is 11.1. The van der Waals surface area contributed by atoms with Gasteiger partial charge in [-0.1, -0.05) is 52.4 Å². The minimum Gasteiger partial charge on any atom is -0.393 e. The van der Waals surface area contributed by atoms with Crippen molar-refractivity contribution in [1.82, 2.24) is 0 Å². The molecule has 0 saturated heterocycles. The van der Waals surface area contributed by atoms with Crippen molar-refractivity contribution in [3.63, 3.8) is 0 Å². The SMILES string of the molecule is CCCC[C@H](CC)C[C@@H]1CCCC[C@@H]1O. The fourth-order valence-corrected chi connectivity index (χ4v) is 2.87. The lowest BCUT2D eigenvalue weighted by atomic mass is 9.79. The van der Waals surface area contributed by atoms with Crippen LogP contribution in [0.25, 0.3) is 0 Å². The van der Waals surface area contributed by atoms with Crippen molar-refractivity contribution in [2.75, 3.05) is 0 Å². The average Bonchev–Trinajstić information content (AvgIpc) is 2.26. The lowest BCUT2D eigenvalue weighted by Crippen LogP contribution is -2.26. The van der Waals surface area contributed by atoms with E-state index in [-0.39, 0.29) is 6.10 Å². The first-order valence-electron chi connectivity index (χ1n) is 6.96. The van der Waals surface area contributed by atoms with Crippen molar-refractivity contribution in [2.24, 2.45) is 11.8 Å². The average molecular weight is 212 g/mol. The Hall–Kier alpha value is -0.0400. The van der Waals surface area contributed by atoms with Crippen LogP contribution < -0.4 is 0 Å². The van der Waals surface area contributed by atoms with Gasteiger partial charge in [0.05, 0.1) is 6.10 Å². The summed E-state index contributed by atoms with van der Waals surface area (Å²) in [6.45, 7) is 4.57. The van der Waals surface area contributed by atoms with Crippen LogP contribution in [-0.2, 0) is 0 Å². The molecule has 90 valence electrons. The first-order valence-corrected chi connectivity index (χ1v) is 6.96. The summed E-state index contributed by atoms with van der Waals surface area (Å²) >= 11 is 0. The second-order valence-electron chi connectivity index (χ2n) is 5.26. The third kappa shape index (κ3) is 4.55. The summed E-state index contributed by atoms with van der Waals surface area (Å²) < 4.78 is 0. The van der Waals surface area contributed by atoms with Crippen LogP contribution in [0.3, 0.4) is 0 Å². The largest absolute Gasteiger partial charge is 0.393 e.